The van der Waals surface area contributed by atoms with E-state index in [0.29, 0.717) is 0 Å². The van der Waals surface area contributed by atoms with Gasteiger partial charge in [0.15, 0.2) is 5.78 Å². The van der Waals surface area contributed by atoms with Crippen LogP contribution in [-0.4, -0.2) is 12.3 Å². The molecule has 0 radical (unpaired) electrons. The van der Waals surface area contributed by atoms with Crippen LogP contribution in [0.3, 0.4) is 0 Å². The first-order chi connectivity index (χ1) is 6.45. The van der Waals surface area contributed by atoms with E-state index in [-0.39, 0.29) is 30.3 Å². The van der Waals surface area contributed by atoms with E-state index < -0.39 is 11.7 Å². The molecule has 2 nitrogen and oxygen atoms in total. The molecule has 1 rings (SSSR count). The first-order valence-corrected chi connectivity index (χ1v) is 3.85. The summed E-state index contributed by atoms with van der Waals surface area (Å²) in [6, 6.07) is 3.97. The summed E-state index contributed by atoms with van der Waals surface area (Å²) in [5, 5.41) is 0. The van der Waals surface area contributed by atoms with Gasteiger partial charge in [-0.15, -0.1) is 12.4 Å². The molecule has 0 aromatic heterocycles. The van der Waals surface area contributed by atoms with E-state index in [4.69, 9.17) is 5.73 Å². The molecular formula is C9H9ClF3NO. The lowest BCUT2D eigenvalue weighted by molar-refractivity contribution is -0.137. The maximum Gasteiger partial charge on any atom is 0.416 e. The predicted octanol–water partition coefficient (Wildman–Crippen LogP) is 2.27. The standard InChI is InChI=1S/C9H8F3NO.ClH/c10-9(11,12)7-3-1-6(2-4-7)8(14)5-13;/h1-4H,5,13H2;1H. The highest BCUT2D eigenvalue weighted by Crippen LogP contribution is 2.28. The number of halogens is 4. The molecule has 0 bridgehead atoms. The average Bonchev–Trinajstić information content (AvgIpc) is 2.15. The quantitative estimate of drug-likeness (QED) is 0.805. The molecule has 0 saturated heterocycles. The molecule has 0 aliphatic heterocycles. The van der Waals surface area contributed by atoms with Crippen LogP contribution < -0.4 is 5.73 Å². The van der Waals surface area contributed by atoms with Crippen molar-refractivity contribution in [3.05, 3.63) is 35.4 Å². The predicted molar refractivity (Wildman–Crippen MR) is 52.1 cm³/mol. The molecule has 0 heterocycles. The van der Waals surface area contributed by atoms with Crippen molar-refractivity contribution in [3.8, 4) is 0 Å². The Morgan fingerprint density at radius 2 is 1.67 bits per heavy atom. The maximum atomic E-state index is 12.1. The van der Waals surface area contributed by atoms with Crippen molar-refractivity contribution in [2.75, 3.05) is 6.54 Å². The van der Waals surface area contributed by atoms with Crippen LogP contribution in [0.2, 0.25) is 0 Å². The van der Waals surface area contributed by atoms with Gasteiger partial charge in [0.25, 0.3) is 0 Å². The normalized spacial score (nSPS) is 10.7. The average molecular weight is 240 g/mol. The van der Waals surface area contributed by atoms with E-state index in [1.807, 2.05) is 0 Å². The van der Waals surface area contributed by atoms with Crippen molar-refractivity contribution in [3.63, 3.8) is 0 Å². The third-order valence-electron chi connectivity index (χ3n) is 1.72. The topological polar surface area (TPSA) is 43.1 Å². The Kier molecular flexibility index (Phi) is 4.77. The van der Waals surface area contributed by atoms with Crippen LogP contribution in [0, 0.1) is 0 Å². The second kappa shape index (κ2) is 5.14. The second-order valence-corrected chi connectivity index (χ2v) is 2.70. The van der Waals surface area contributed by atoms with Crippen LogP contribution in [0.25, 0.3) is 0 Å². The Hall–Kier alpha value is -1.07. The fourth-order valence-electron chi connectivity index (χ4n) is 0.963. The molecule has 6 heteroatoms. The van der Waals surface area contributed by atoms with Crippen LogP contribution in [0.1, 0.15) is 15.9 Å². The Balaban J connectivity index is 0.00000196. The van der Waals surface area contributed by atoms with Gasteiger partial charge >= 0.3 is 6.18 Å². The van der Waals surface area contributed by atoms with Gasteiger partial charge in [-0.2, -0.15) is 13.2 Å². The molecule has 0 unspecified atom stereocenters. The zero-order valence-corrected chi connectivity index (χ0v) is 8.36. The van der Waals surface area contributed by atoms with Gasteiger partial charge in [0.2, 0.25) is 0 Å². The third-order valence-corrected chi connectivity index (χ3v) is 1.72. The summed E-state index contributed by atoms with van der Waals surface area (Å²) in [6.07, 6.45) is -4.37. The number of carbonyl (C=O) groups is 1. The van der Waals surface area contributed by atoms with Crippen LogP contribution >= 0.6 is 12.4 Å². The lowest BCUT2D eigenvalue weighted by Crippen LogP contribution is -2.14. The van der Waals surface area contributed by atoms with Crippen LogP contribution in [0.4, 0.5) is 13.2 Å². The fourth-order valence-corrected chi connectivity index (χ4v) is 0.963. The summed E-state index contributed by atoms with van der Waals surface area (Å²) in [4.78, 5) is 11.0. The van der Waals surface area contributed by atoms with Gasteiger partial charge in [-0.3, -0.25) is 4.79 Å². The van der Waals surface area contributed by atoms with Crippen molar-refractivity contribution in [2.45, 2.75) is 6.18 Å². The summed E-state index contributed by atoms with van der Waals surface area (Å²) in [7, 11) is 0. The van der Waals surface area contributed by atoms with Crippen LogP contribution in [0.5, 0.6) is 0 Å². The molecule has 84 valence electrons. The number of alkyl halides is 3. The molecule has 0 spiro atoms. The SMILES string of the molecule is Cl.NCC(=O)c1ccc(C(F)(F)F)cc1. The minimum Gasteiger partial charge on any atom is -0.324 e. The van der Waals surface area contributed by atoms with Gasteiger partial charge in [-0.1, -0.05) is 12.1 Å². The van der Waals surface area contributed by atoms with E-state index in [9.17, 15) is 18.0 Å². The van der Waals surface area contributed by atoms with Crippen molar-refractivity contribution in [1.82, 2.24) is 0 Å². The van der Waals surface area contributed by atoms with Crippen LogP contribution in [-0.2, 0) is 6.18 Å². The molecule has 0 atom stereocenters. The van der Waals surface area contributed by atoms with Gasteiger partial charge < -0.3 is 5.73 Å². The molecule has 15 heavy (non-hydrogen) atoms. The smallest absolute Gasteiger partial charge is 0.324 e. The molecule has 1 aromatic carbocycles. The van der Waals surface area contributed by atoms with Gasteiger partial charge in [0.1, 0.15) is 0 Å². The fraction of sp³-hybridized carbons (Fsp3) is 0.222. The maximum absolute atomic E-state index is 12.1. The molecule has 2 N–H and O–H groups in total. The van der Waals surface area contributed by atoms with Gasteiger partial charge in [0.05, 0.1) is 12.1 Å². The minimum absolute atomic E-state index is 0. The molecule has 1 aromatic rings. The summed E-state index contributed by atoms with van der Waals surface area (Å²) >= 11 is 0. The Labute approximate surface area is 90.7 Å². The van der Waals surface area contributed by atoms with Crippen molar-refractivity contribution in [1.29, 1.82) is 0 Å². The lowest BCUT2D eigenvalue weighted by Gasteiger charge is -2.06. The third kappa shape index (κ3) is 3.53. The van der Waals surface area contributed by atoms with Crippen molar-refractivity contribution >= 4 is 18.2 Å². The highest BCUT2D eigenvalue weighted by Gasteiger charge is 2.30. The highest BCUT2D eigenvalue weighted by atomic mass is 35.5. The Morgan fingerprint density at radius 3 is 2.00 bits per heavy atom. The number of hydrogen-bond acceptors (Lipinski definition) is 2. The number of rotatable bonds is 2. The number of benzene rings is 1. The van der Waals surface area contributed by atoms with Crippen LogP contribution in [0.15, 0.2) is 24.3 Å². The number of ketones is 1. The number of Topliss-reactive ketones (excluding diaryl/α,β-unsaturated/α-hetero) is 1. The van der Waals surface area contributed by atoms with E-state index in [2.05, 4.69) is 0 Å². The molecular weight excluding hydrogens is 231 g/mol. The van der Waals surface area contributed by atoms with E-state index in [0.717, 1.165) is 24.3 Å². The summed E-state index contributed by atoms with van der Waals surface area (Å²) < 4.78 is 36.3. The van der Waals surface area contributed by atoms with E-state index in [1.54, 1.807) is 0 Å². The van der Waals surface area contributed by atoms with E-state index in [1.165, 1.54) is 0 Å². The highest BCUT2D eigenvalue weighted by molar-refractivity contribution is 5.97. The van der Waals surface area contributed by atoms with Gasteiger partial charge in [-0.25, -0.2) is 0 Å². The second-order valence-electron chi connectivity index (χ2n) is 2.70. The lowest BCUT2D eigenvalue weighted by atomic mass is 10.1. The summed E-state index contributed by atoms with van der Waals surface area (Å²) in [6.45, 7) is -0.203. The summed E-state index contributed by atoms with van der Waals surface area (Å²) in [5.41, 5.74) is 4.48. The largest absolute Gasteiger partial charge is 0.416 e. The number of carbonyl (C=O) groups excluding carboxylic acids is 1. The number of hydrogen-bond donors (Lipinski definition) is 1. The zero-order chi connectivity index (χ0) is 10.8. The minimum atomic E-state index is -4.37. The number of nitrogens with two attached hydrogens (primary N) is 1. The Bertz CT molecular complexity index is 334. The molecule has 0 saturated carbocycles. The first kappa shape index (κ1) is 13.9. The van der Waals surface area contributed by atoms with Gasteiger partial charge in [-0.05, 0) is 12.1 Å². The summed E-state index contributed by atoms with van der Waals surface area (Å²) in [5.74, 6) is -0.376. The monoisotopic (exact) mass is 239 g/mol. The molecule has 0 aliphatic rings. The molecule has 0 aliphatic carbocycles. The van der Waals surface area contributed by atoms with Crippen molar-refractivity contribution < 1.29 is 18.0 Å². The first-order valence-electron chi connectivity index (χ1n) is 3.85. The van der Waals surface area contributed by atoms with E-state index >= 15 is 0 Å². The van der Waals surface area contributed by atoms with Gasteiger partial charge in [0, 0.05) is 5.56 Å². The van der Waals surface area contributed by atoms with Crippen molar-refractivity contribution in [2.24, 2.45) is 5.73 Å². The zero-order valence-electron chi connectivity index (χ0n) is 7.54. The molecule has 0 amide bonds. The molecule has 0 fully saturated rings. The Morgan fingerprint density at radius 1 is 1.20 bits per heavy atom.